The molecule has 1 heterocycles. The molecule has 1 aromatic carbocycles. The molecule has 0 amide bonds. The van der Waals surface area contributed by atoms with E-state index in [4.69, 9.17) is 10.5 Å². The first-order valence-electron chi connectivity index (χ1n) is 6.51. The molecule has 0 aliphatic carbocycles. The first-order chi connectivity index (χ1) is 9.63. The van der Waals surface area contributed by atoms with Gasteiger partial charge in [0.05, 0.1) is 12.8 Å². The number of hydrogen-bond donors (Lipinski definition) is 1. The SMILES string of the molecule is COc1ccccc1CN(C)c1nc(C)cc(CN)n1. The number of anilines is 1. The molecule has 0 bridgehead atoms. The lowest BCUT2D eigenvalue weighted by atomic mass is 10.2. The summed E-state index contributed by atoms with van der Waals surface area (Å²) in [7, 11) is 3.63. The van der Waals surface area contributed by atoms with Crippen molar-refractivity contribution in [2.45, 2.75) is 20.0 Å². The summed E-state index contributed by atoms with van der Waals surface area (Å²) in [5, 5.41) is 0. The van der Waals surface area contributed by atoms with Crippen molar-refractivity contribution in [1.82, 2.24) is 9.97 Å². The van der Waals surface area contributed by atoms with Crippen molar-refractivity contribution < 1.29 is 4.74 Å². The Morgan fingerprint density at radius 3 is 2.70 bits per heavy atom. The van der Waals surface area contributed by atoms with Gasteiger partial charge >= 0.3 is 0 Å². The molecule has 2 rings (SSSR count). The minimum absolute atomic E-state index is 0.416. The second-order valence-electron chi connectivity index (χ2n) is 4.67. The predicted molar refractivity (Wildman–Crippen MR) is 79.8 cm³/mol. The van der Waals surface area contributed by atoms with Gasteiger partial charge in [-0.05, 0) is 19.1 Å². The monoisotopic (exact) mass is 272 g/mol. The molecule has 5 nitrogen and oxygen atoms in total. The van der Waals surface area contributed by atoms with Gasteiger partial charge in [-0.2, -0.15) is 0 Å². The van der Waals surface area contributed by atoms with E-state index in [9.17, 15) is 0 Å². The molecule has 5 heteroatoms. The molecule has 106 valence electrons. The highest BCUT2D eigenvalue weighted by Gasteiger charge is 2.10. The van der Waals surface area contributed by atoms with Crippen LogP contribution in [0.4, 0.5) is 5.95 Å². The Balaban J connectivity index is 2.23. The third kappa shape index (κ3) is 3.24. The van der Waals surface area contributed by atoms with Crippen LogP contribution in [-0.4, -0.2) is 24.1 Å². The van der Waals surface area contributed by atoms with Crippen LogP contribution in [0.25, 0.3) is 0 Å². The predicted octanol–water partition coefficient (Wildman–Crippen LogP) is 1.89. The molecule has 0 fully saturated rings. The summed E-state index contributed by atoms with van der Waals surface area (Å²) in [6.45, 7) is 3.04. The molecule has 1 aromatic heterocycles. The Bertz CT molecular complexity index is 586. The molecule has 2 aromatic rings. The van der Waals surface area contributed by atoms with Crippen molar-refractivity contribution in [2.24, 2.45) is 5.73 Å². The van der Waals surface area contributed by atoms with E-state index in [1.807, 2.05) is 49.2 Å². The third-order valence-corrected chi connectivity index (χ3v) is 3.05. The largest absolute Gasteiger partial charge is 0.496 e. The van der Waals surface area contributed by atoms with Crippen LogP contribution in [0, 0.1) is 6.92 Å². The Labute approximate surface area is 119 Å². The standard InChI is InChI=1S/C15H20N4O/c1-11-8-13(9-16)18-15(17-11)19(2)10-12-6-4-5-7-14(12)20-3/h4-8H,9-10,16H2,1-3H3. The van der Waals surface area contributed by atoms with Crippen LogP contribution in [0.3, 0.4) is 0 Å². The smallest absolute Gasteiger partial charge is 0.225 e. The lowest BCUT2D eigenvalue weighted by Gasteiger charge is -2.19. The maximum Gasteiger partial charge on any atom is 0.225 e. The van der Waals surface area contributed by atoms with E-state index >= 15 is 0 Å². The van der Waals surface area contributed by atoms with Gasteiger partial charge in [0.2, 0.25) is 5.95 Å². The van der Waals surface area contributed by atoms with E-state index in [0.29, 0.717) is 19.0 Å². The van der Waals surface area contributed by atoms with Gasteiger partial charge in [0, 0.05) is 31.4 Å². The number of nitrogens with two attached hydrogens (primary N) is 1. The van der Waals surface area contributed by atoms with Crippen molar-refractivity contribution in [3.8, 4) is 5.75 Å². The maximum atomic E-state index is 5.66. The Kier molecular flexibility index (Phi) is 4.53. The molecule has 0 radical (unpaired) electrons. The molecule has 0 aliphatic rings. The lowest BCUT2D eigenvalue weighted by Crippen LogP contribution is -2.21. The number of hydrogen-bond acceptors (Lipinski definition) is 5. The Morgan fingerprint density at radius 2 is 2.00 bits per heavy atom. The van der Waals surface area contributed by atoms with Crippen LogP contribution >= 0.6 is 0 Å². The zero-order chi connectivity index (χ0) is 14.5. The Hall–Kier alpha value is -2.14. The molecule has 0 atom stereocenters. The number of para-hydroxylation sites is 1. The van der Waals surface area contributed by atoms with Crippen molar-refractivity contribution in [3.05, 3.63) is 47.3 Å². The van der Waals surface area contributed by atoms with E-state index in [1.165, 1.54) is 0 Å². The summed E-state index contributed by atoms with van der Waals surface area (Å²) >= 11 is 0. The van der Waals surface area contributed by atoms with E-state index in [1.54, 1.807) is 7.11 Å². The second kappa shape index (κ2) is 6.34. The molecule has 0 aliphatic heterocycles. The number of ether oxygens (including phenoxy) is 1. The molecular weight excluding hydrogens is 252 g/mol. The lowest BCUT2D eigenvalue weighted by molar-refractivity contribution is 0.409. The van der Waals surface area contributed by atoms with Crippen molar-refractivity contribution in [1.29, 1.82) is 0 Å². The summed E-state index contributed by atoms with van der Waals surface area (Å²) in [6, 6.07) is 9.84. The van der Waals surface area contributed by atoms with Crippen molar-refractivity contribution >= 4 is 5.95 Å². The van der Waals surface area contributed by atoms with Gasteiger partial charge < -0.3 is 15.4 Å². The first kappa shape index (κ1) is 14.3. The fourth-order valence-electron chi connectivity index (χ4n) is 2.05. The van der Waals surface area contributed by atoms with Gasteiger partial charge in [-0.15, -0.1) is 0 Å². The highest BCUT2D eigenvalue weighted by Crippen LogP contribution is 2.20. The van der Waals surface area contributed by atoms with Gasteiger partial charge in [-0.1, -0.05) is 18.2 Å². The van der Waals surface area contributed by atoms with E-state index in [-0.39, 0.29) is 0 Å². The summed E-state index contributed by atoms with van der Waals surface area (Å²) < 4.78 is 5.36. The van der Waals surface area contributed by atoms with E-state index < -0.39 is 0 Å². The topological polar surface area (TPSA) is 64.3 Å². The van der Waals surface area contributed by atoms with Crippen molar-refractivity contribution in [2.75, 3.05) is 19.1 Å². The van der Waals surface area contributed by atoms with Crippen LogP contribution < -0.4 is 15.4 Å². The fraction of sp³-hybridized carbons (Fsp3) is 0.333. The van der Waals surface area contributed by atoms with Gasteiger partial charge in [0.15, 0.2) is 0 Å². The van der Waals surface area contributed by atoms with Gasteiger partial charge in [-0.25, -0.2) is 9.97 Å². The van der Waals surface area contributed by atoms with Gasteiger partial charge in [0.1, 0.15) is 5.75 Å². The zero-order valence-electron chi connectivity index (χ0n) is 12.1. The summed E-state index contributed by atoms with van der Waals surface area (Å²) in [5.41, 5.74) is 8.52. The molecular formula is C15H20N4O. The first-order valence-corrected chi connectivity index (χ1v) is 6.51. The van der Waals surface area contributed by atoms with E-state index in [2.05, 4.69) is 9.97 Å². The average Bonchev–Trinajstić information content (AvgIpc) is 2.47. The number of benzene rings is 1. The molecule has 20 heavy (non-hydrogen) atoms. The minimum Gasteiger partial charge on any atom is -0.496 e. The van der Waals surface area contributed by atoms with Gasteiger partial charge in [0.25, 0.3) is 0 Å². The van der Waals surface area contributed by atoms with Crippen LogP contribution in [-0.2, 0) is 13.1 Å². The fourth-order valence-corrected chi connectivity index (χ4v) is 2.05. The van der Waals surface area contributed by atoms with Crippen LogP contribution in [0.15, 0.2) is 30.3 Å². The molecule has 0 saturated heterocycles. The second-order valence-corrected chi connectivity index (χ2v) is 4.67. The molecule has 0 saturated carbocycles. The number of nitrogens with zero attached hydrogens (tertiary/aromatic N) is 3. The number of rotatable bonds is 5. The molecule has 0 unspecified atom stereocenters. The normalized spacial score (nSPS) is 10.4. The third-order valence-electron chi connectivity index (χ3n) is 3.05. The quantitative estimate of drug-likeness (QED) is 0.900. The zero-order valence-corrected chi connectivity index (χ0v) is 12.1. The summed E-state index contributed by atoms with van der Waals surface area (Å²) in [4.78, 5) is 10.9. The molecule has 0 spiro atoms. The van der Waals surface area contributed by atoms with Crippen LogP contribution in [0.2, 0.25) is 0 Å². The average molecular weight is 272 g/mol. The molecule has 2 N–H and O–H groups in total. The highest BCUT2D eigenvalue weighted by molar-refractivity contribution is 5.39. The maximum absolute atomic E-state index is 5.66. The van der Waals surface area contributed by atoms with E-state index in [0.717, 1.165) is 22.7 Å². The number of methoxy groups -OCH3 is 1. The van der Waals surface area contributed by atoms with Crippen LogP contribution in [0.5, 0.6) is 5.75 Å². The van der Waals surface area contributed by atoms with Crippen LogP contribution in [0.1, 0.15) is 17.0 Å². The Morgan fingerprint density at radius 1 is 1.25 bits per heavy atom. The minimum atomic E-state index is 0.416. The number of aryl methyl sites for hydroxylation is 1. The summed E-state index contributed by atoms with van der Waals surface area (Å²) in [6.07, 6.45) is 0. The van der Waals surface area contributed by atoms with Gasteiger partial charge in [-0.3, -0.25) is 0 Å². The van der Waals surface area contributed by atoms with Crippen molar-refractivity contribution in [3.63, 3.8) is 0 Å². The number of aromatic nitrogens is 2. The summed E-state index contributed by atoms with van der Waals surface area (Å²) in [5.74, 6) is 1.54. The highest BCUT2D eigenvalue weighted by atomic mass is 16.5.